The van der Waals surface area contributed by atoms with E-state index in [-0.39, 0.29) is 11.3 Å². The van der Waals surface area contributed by atoms with Gasteiger partial charge in [0.05, 0.1) is 18.9 Å². The zero-order valence-electron chi connectivity index (χ0n) is 17.9. The maximum Gasteiger partial charge on any atom is 0.274 e. The number of piperidine rings is 1. The van der Waals surface area contributed by atoms with Gasteiger partial charge in [-0.1, -0.05) is 45.0 Å². The maximum atomic E-state index is 13.1. The first-order valence-electron chi connectivity index (χ1n) is 10.6. The molecule has 2 aliphatic rings. The Bertz CT molecular complexity index is 864. The van der Waals surface area contributed by atoms with Crippen molar-refractivity contribution in [2.75, 3.05) is 26.3 Å². The van der Waals surface area contributed by atoms with E-state index in [4.69, 9.17) is 9.47 Å². The maximum absolute atomic E-state index is 13.1. The van der Waals surface area contributed by atoms with Crippen molar-refractivity contribution in [1.29, 1.82) is 0 Å². The van der Waals surface area contributed by atoms with Crippen molar-refractivity contribution < 1.29 is 14.3 Å². The average molecular weight is 398 g/mol. The van der Waals surface area contributed by atoms with Crippen LogP contribution in [0, 0.1) is 0 Å². The van der Waals surface area contributed by atoms with Crippen molar-refractivity contribution in [2.45, 2.75) is 58.3 Å². The van der Waals surface area contributed by atoms with Gasteiger partial charge in [0.2, 0.25) is 0 Å². The zero-order chi connectivity index (χ0) is 20.6. The molecular weight excluding hydrogens is 366 g/mol. The van der Waals surface area contributed by atoms with E-state index in [9.17, 15) is 4.79 Å². The van der Waals surface area contributed by atoms with E-state index in [1.54, 1.807) is 0 Å². The normalized spacial score (nSPS) is 19.1. The van der Waals surface area contributed by atoms with Gasteiger partial charge in [-0.3, -0.25) is 9.48 Å². The Kier molecular flexibility index (Phi) is 5.25. The van der Waals surface area contributed by atoms with E-state index in [2.05, 4.69) is 50.1 Å². The summed E-state index contributed by atoms with van der Waals surface area (Å²) in [6.45, 7) is 11.9. The number of carbonyl (C=O) groups excluding carboxylic acids is 1. The molecule has 3 heterocycles. The van der Waals surface area contributed by atoms with Gasteiger partial charge in [0.1, 0.15) is 0 Å². The second kappa shape index (κ2) is 7.58. The number of ether oxygens (including phenoxy) is 2. The van der Waals surface area contributed by atoms with Crippen LogP contribution < -0.4 is 0 Å². The lowest BCUT2D eigenvalue weighted by Gasteiger charge is -2.37. The van der Waals surface area contributed by atoms with Crippen LogP contribution in [0.25, 0.3) is 11.3 Å². The van der Waals surface area contributed by atoms with Crippen LogP contribution in [-0.4, -0.2) is 52.7 Å². The minimum atomic E-state index is -0.473. The average Bonchev–Trinajstić information content (AvgIpc) is 3.35. The number of benzene rings is 1. The summed E-state index contributed by atoms with van der Waals surface area (Å²) in [5.74, 6) is -0.489. The van der Waals surface area contributed by atoms with Crippen LogP contribution in [0.2, 0.25) is 0 Å². The van der Waals surface area contributed by atoms with Crippen LogP contribution in [0.5, 0.6) is 0 Å². The van der Waals surface area contributed by atoms with Gasteiger partial charge in [-0.2, -0.15) is 5.10 Å². The molecule has 6 nitrogen and oxygen atoms in total. The van der Waals surface area contributed by atoms with Gasteiger partial charge < -0.3 is 14.4 Å². The molecule has 29 heavy (non-hydrogen) atoms. The molecule has 2 aromatic rings. The second-order valence-electron chi connectivity index (χ2n) is 8.96. The summed E-state index contributed by atoms with van der Waals surface area (Å²) in [4.78, 5) is 14.9. The molecule has 6 heteroatoms. The van der Waals surface area contributed by atoms with Crippen molar-refractivity contribution >= 4 is 5.91 Å². The largest absolute Gasteiger partial charge is 0.347 e. The molecule has 2 saturated heterocycles. The van der Waals surface area contributed by atoms with Crippen molar-refractivity contribution in [1.82, 2.24) is 14.7 Å². The monoisotopic (exact) mass is 397 g/mol. The number of nitrogens with zero attached hydrogens (tertiary/aromatic N) is 3. The lowest BCUT2D eigenvalue weighted by molar-refractivity contribution is -0.181. The number of hydrogen-bond acceptors (Lipinski definition) is 4. The van der Waals surface area contributed by atoms with Crippen LogP contribution in [0.3, 0.4) is 0 Å². The third kappa shape index (κ3) is 3.96. The molecule has 0 unspecified atom stereocenters. The molecule has 1 amide bonds. The number of amides is 1. The SMILES string of the molecule is CCn1nc(C(=O)N2CCC3(CC2)OCCO3)cc1-c1ccc(C(C)(C)C)cc1. The van der Waals surface area contributed by atoms with Gasteiger partial charge in [-0.05, 0) is 29.5 Å². The van der Waals surface area contributed by atoms with Crippen LogP contribution in [0.4, 0.5) is 0 Å². The molecule has 2 fully saturated rings. The Balaban J connectivity index is 1.52. The van der Waals surface area contributed by atoms with Crippen LogP contribution in [0.1, 0.15) is 56.6 Å². The van der Waals surface area contributed by atoms with Crippen molar-refractivity contribution in [3.63, 3.8) is 0 Å². The lowest BCUT2D eigenvalue weighted by atomic mass is 9.86. The van der Waals surface area contributed by atoms with E-state index >= 15 is 0 Å². The molecule has 0 radical (unpaired) electrons. The van der Waals surface area contributed by atoms with E-state index in [1.165, 1.54) is 5.56 Å². The molecular formula is C23H31N3O3. The van der Waals surface area contributed by atoms with Gasteiger partial charge in [0.25, 0.3) is 5.91 Å². The molecule has 0 atom stereocenters. The first-order chi connectivity index (χ1) is 13.8. The highest BCUT2D eigenvalue weighted by molar-refractivity contribution is 5.93. The van der Waals surface area contributed by atoms with E-state index < -0.39 is 5.79 Å². The Morgan fingerprint density at radius 3 is 2.28 bits per heavy atom. The Morgan fingerprint density at radius 1 is 1.10 bits per heavy atom. The molecule has 0 aliphatic carbocycles. The number of likely N-dealkylation sites (tertiary alicyclic amines) is 1. The molecule has 0 saturated carbocycles. The summed E-state index contributed by atoms with van der Waals surface area (Å²) in [7, 11) is 0. The lowest BCUT2D eigenvalue weighted by Crippen LogP contribution is -2.47. The standard InChI is InChI=1S/C23H31N3O3/c1-5-26-20(17-6-8-18(9-7-17)22(2,3)4)16-19(24-26)21(27)25-12-10-23(11-13-25)28-14-15-29-23/h6-9,16H,5,10-15H2,1-4H3. The van der Waals surface area contributed by atoms with E-state index in [1.807, 2.05) is 22.6 Å². The molecule has 1 spiro atoms. The predicted molar refractivity (Wildman–Crippen MR) is 112 cm³/mol. The fraction of sp³-hybridized carbons (Fsp3) is 0.565. The summed E-state index contributed by atoms with van der Waals surface area (Å²) in [5.41, 5.74) is 3.97. The van der Waals surface area contributed by atoms with Gasteiger partial charge in [-0.25, -0.2) is 0 Å². The van der Waals surface area contributed by atoms with E-state index in [0.717, 1.165) is 11.3 Å². The quantitative estimate of drug-likeness (QED) is 0.789. The number of rotatable bonds is 3. The summed E-state index contributed by atoms with van der Waals surface area (Å²) in [5, 5.41) is 4.60. The molecule has 2 aliphatic heterocycles. The Hall–Kier alpha value is -2.18. The summed E-state index contributed by atoms with van der Waals surface area (Å²) in [6, 6.07) is 10.5. The summed E-state index contributed by atoms with van der Waals surface area (Å²) >= 11 is 0. The minimum Gasteiger partial charge on any atom is -0.347 e. The molecule has 0 bridgehead atoms. The summed E-state index contributed by atoms with van der Waals surface area (Å²) < 4.78 is 13.4. The fourth-order valence-electron chi connectivity index (χ4n) is 4.13. The minimum absolute atomic E-state index is 0.0161. The van der Waals surface area contributed by atoms with Crippen molar-refractivity contribution in [3.8, 4) is 11.3 Å². The first kappa shape index (κ1) is 20.1. The first-order valence-corrected chi connectivity index (χ1v) is 10.6. The molecule has 1 aromatic heterocycles. The number of aromatic nitrogens is 2. The zero-order valence-corrected chi connectivity index (χ0v) is 17.9. The smallest absolute Gasteiger partial charge is 0.274 e. The van der Waals surface area contributed by atoms with Gasteiger partial charge >= 0.3 is 0 Å². The van der Waals surface area contributed by atoms with Gasteiger partial charge in [0, 0.05) is 32.5 Å². The third-order valence-corrected chi connectivity index (χ3v) is 5.97. The van der Waals surface area contributed by atoms with Crippen molar-refractivity contribution in [3.05, 3.63) is 41.6 Å². The molecule has 0 N–H and O–H groups in total. The Labute approximate surface area is 172 Å². The summed E-state index contributed by atoms with van der Waals surface area (Å²) in [6.07, 6.45) is 1.43. The highest BCUT2D eigenvalue weighted by Crippen LogP contribution is 2.32. The van der Waals surface area contributed by atoms with Crippen molar-refractivity contribution in [2.24, 2.45) is 0 Å². The molecule has 4 rings (SSSR count). The second-order valence-corrected chi connectivity index (χ2v) is 8.96. The van der Waals surface area contributed by atoms with Crippen LogP contribution >= 0.6 is 0 Å². The fourth-order valence-corrected chi connectivity index (χ4v) is 4.13. The Morgan fingerprint density at radius 2 is 1.72 bits per heavy atom. The predicted octanol–water partition coefficient (Wildman–Crippen LogP) is 3.85. The highest BCUT2D eigenvalue weighted by Gasteiger charge is 2.41. The van der Waals surface area contributed by atoms with Crippen LogP contribution in [-0.2, 0) is 21.4 Å². The third-order valence-electron chi connectivity index (χ3n) is 5.97. The van der Waals surface area contributed by atoms with E-state index in [0.29, 0.717) is 51.4 Å². The highest BCUT2D eigenvalue weighted by atomic mass is 16.7. The number of hydrogen-bond donors (Lipinski definition) is 0. The molecule has 156 valence electrons. The van der Waals surface area contributed by atoms with Crippen LogP contribution in [0.15, 0.2) is 30.3 Å². The topological polar surface area (TPSA) is 56.6 Å². The number of carbonyl (C=O) groups is 1. The number of aryl methyl sites for hydroxylation is 1. The van der Waals surface area contributed by atoms with Gasteiger partial charge in [0.15, 0.2) is 11.5 Å². The van der Waals surface area contributed by atoms with Gasteiger partial charge in [-0.15, -0.1) is 0 Å². The molecule has 1 aromatic carbocycles.